The first-order valence-corrected chi connectivity index (χ1v) is 37.3. The van der Waals surface area contributed by atoms with Crippen LogP contribution in [-0.2, 0) is 87.9 Å². The summed E-state index contributed by atoms with van der Waals surface area (Å²) in [6, 6.07) is 23.0. The summed E-state index contributed by atoms with van der Waals surface area (Å²) >= 11 is 0. The van der Waals surface area contributed by atoms with Crippen molar-refractivity contribution in [3.05, 3.63) is 107 Å². The highest BCUT2D eigenvalue weighted by molar-refractivity contribution is 5.85. The molecule has 4 aromatic rings. The van der Waals surface area contributed by atoms with Crippen LogP contribution in [0.5, 0.6) is 11.5 Å². The van der Waals surface area contributed by atoms with Crippen LogP contribution in [0.15, 0.2) is 85.2 Å². The van der Waals surface area contributed by atoms with Gasteiger partial charge >= 0.3 is 18.0 Å². The van der Waals surface area contributed by atoms with Gasteiger partial charge in [-0.15, -0.1) is 0 Å². The number of unbranched alkanes of at least 4 members (excludes halogenated alkanes) is 4. The third-order valence-corrected chi connectivity index (χ3v) is 17.1. The number of hydrogen-bond acceptors (Lipinski definition) is 20. The third kappa shape index (κ3) is 36.5. The van der Waals surface area contributed by atoms with Crippen molar-refractivity contribution in [3.63, 3.8) is 0 Å². The molecular formula is C77H115N9O18. The minimum Gasteiger partial charge on any atom is -0.494 e. The number of nitrogens with one attached hydrogen (secondary N) is 4. The number of ether oxygens (including phenoxy) is 9. The van der Waals surface area contributed by atoms with Gasteiger partial charge in [0.2, 0.25) is 23.6 Å². The molecule has 0 aliphatic carbocycles. The average molecular weight is 1450 g/mol. The van der Waals surface area contributed by atoms with Gasteiger partial charge in [0.1, 0.15) is 28.7 Å². The number of hydrogen-bond donors (Lipinski definition) is 6. The first-order chi connectivity index (χ1) is 50.5. The van der Waals surface area contributed by atoms with Gasteiger partial charge in [-0.1, -0.05) is 37.1 Å². The SMILES string of the molecule is CC(C)(C)OC(=O)N(CCCCCC(=O)NCCCOCCOCCOCCCN1Cc2cc(OCCCNc3ccccn3)ccc2CC(CC(=O)O)C1=O)CCCCCC(=O)NCCCOCCOCCOCCCN1Cc2cc(OCCCNc3ccccn3)ccc2CC(CC(=O)O)C1=O. The molecule has 6 rings (SSSR count). The minimum absolute atomic E-state index is 0.0295. The summed E-state index contributed by atoms with van der Waals surface area (Å²) in [6.07, 6.45) is 12.5. The van der Waals surface area contributed by atoms with Crippen molar-refractivity contribution in [2.45, 2.75) is 155 Å². The second kappa shape index (κ2) is 50.3. The number of pyridine rings is 2. The number of anilines is 2. The molecule has 104 heavy (non-hydrogen) atoms. The van der Waals surface area contributed by atoms with Crippen molar-refractivity contribution >= 4 is 53.3 Å². The predicted molar refractivity (Wildman–Crippen MR) is 392 cm³/mol. The van der Waals surface area contributed by atoms with E-state index in [9.17, 15) is 43.8 Å². The summed E-state index contributed by atoms with van der Waals surface area (Å²) in [5.41, 5.74) is 3.15. The Morgan fingerprint density at radius 3 is 1.25 bits per heavy atom. The molecule has 576 valence electrons. The van der Waals surface area contributed by atoms with Crippen LogP contribution < -0.4 is 30.7 Å². The van der Waals surface area contributed by atoms with E-state index in [0.29, 0.717) is 234 Å². The van der Waals surface area contributed by atoms with Crippen LogP contribution in [0, 0.1) is 11.8 Å². The van der Waals surface area contributed by atoms with Gasteiger partial charge in [0.25, 0.3) is 0 Å². The standard InChI is InChI=1S/C77H115N9O18/c1-77(2,3)104-76(95)84(34-12-4-6-22-70(87)82-32-14-38-96-44-48-100-50-46-98-40-18-36-85-58-64-54-66(102-42-16-30-80-68-20-8-10-28-78-68)26-24-60(64)52-62(74(85)93)56-72(89)90)35-13-5-7-23-71(88)83-33-15-39-97-45-49-101-51-47-99-41-19-37-86-59-65-55-67(103-43-17-31-81-69-21-9-11-29-79-69)27-25-61(65)53-63(75(86)94)57-73(91)92/h8-11,20-21,24-29,54-55,62-63H,4-7,12-19,22-23,30-53,56-59H2,1-3H3,(H,78,80)(H,79,81)(H,82,87)(H,83,88)(H,89,90)(H,91,92). The molecular weight excluding hydrogens is 1340 g/mol. The van der Waals surface area contributed by atoms with E-state index in [4.69, 9.17) is 42.6 Å². The fraction of sp³-hybridized carbons (Fsp3) is 0.623. The Kier molecular flexibility index (Phi) is 41.0. The molecule has 2 aromatic carbocycles. The van der Waals surface area contributed by atoms with E-state index < -0.39 is 29.4 Å². The lowest BCUT2D eigenvalue weighted by Gasteiger charge is -2.27. The van der Waals surface area contributed by atoms with Crippen molar-refractivity contribution in [1.29, 1.82) is 0 Å². The van der Waals surface area contributed by atoms with Crippen molar-refractivity contribution in [2.24, 2.45) is 11.8 Å². The zero-order chi connectivity index (χ0) is 74.3. The number of carbonyl (C=O) groups excluding carboxylic acids is 5. The molecule has 27 heteroatoms. The van der Waals surface area contributed by atoms with Crippen LogP contribution in [-0.4, -0.2) is 227 Å². The smallest absolute Gasteiger partial charge is 0.410 e. The Morgan fingerprint density at radius 2 is 0.865 bits per heavy atom. The molecule has 0 saturated heterocycles. The molecule has 2 aromatic heterocycles. The number of aromatic nitrogens is 2. The Balaban J connectivity index is 0.701. The average Bonchev–Trinajstić information content (AvgIpc) is 1.69. The highest BCUT2D eigenvalue weighted by Crippen LogP contribution is 2.31. The van der Waals surface area contributed by atoms with Gasteiger partial charge in [-0.25, -0.2) is 14.8 Å². The summed E-state index contributed by atoms with van der Waals surface area (Å²) in [5, 5.41) is 31.6. The first kappa shape index (κ1) is 84.7. The molecule has 0 spiro atoms. The molecule has 0 bridgehead atoms. The zero-order valence-corrected chi connectivity index (χ0v) is 61.6. The van der Waals surface area contributed by atoms with Crippen LogP contribution in [0.25, 0.3) is 0 Å². The predicted octanol–water partition coefficient (Wildman–Crippen LogP) is 9.14. The second-order valence-electron chi connectivity index (χ2n) is 26.9. The van der Waals surface area contributed by atoms with E-state index in [1.54, 1.807) is 27.1 Å². The van der Waals surface area contributed by atoms with Crippen molar-refractivity contribution < 1.29 is 86.4 Å². The summed E-state index contributed by atoms with van der Waals surface area (Å²) in [5.74, 6) is -0.695. The number of carboxylic acids is 2. The number of amides is 5. The highest BCUT2D eigenvalue weighted by atomic mass is 16.6. The van der Waals surface area contributed by atoms with E-state index in [0.717, 1.165) is 72.4 Å². The lowest BCUT2D eigenvalue weighted by atomic mass is 9.94. The van der Waals surface area contributed by atoms with Gasteiger partial charge in [-0.3, -0.25) is 28.8 Å². The Bertz CT molecular complexity index is 2940. The molecule has 2 aliphatic rings. The summed E-state index contributed by atoms with van der Waals surface area (Å²) in [6.45, 7) is 16.4. The van der Waals surface area contributed by atoms with Gasteiger partial charge in [0, 0.05) is 117 Å². The van der Waals surface area contributed by atoms with Crippen molar-refractivity contribution in [3.8, 4) is 11.5 Å². The quantitative estimate of drug-likeness (QED) is 0.0224. The molecule has 27 nitrogen and oxygen atoms in total. The van der Waals surface area contributed by atoms with E-state index in [2.05, 4.69) is 31.2 Å². The second-order valence-corrected chi connectivity index (χ2v) is 26.9. The highest BCUT2D eigenvalue weighted by Gasteiger charge is 2.33. The maximum Gasteiger partial charge on any atom is 0.410 e. The Labute approximate surface area is 613 Å². The summed E-state index contributed by atoms with van der Waals surface area (Å²) in [7, 11) is 0. The number of aliphatic carboxylic acids is 2. The third-order valence-electron chi connectivity index (χ3n) is 17.1. The van der Waals surface area contributed by atoms with Crippen molar-refractivity contribution in [1.82, 2.24) is 35.3 Å². The molecule has 4 heterocycles. The normalized spacial score (nSPS) is 14.4. The fourth-order valence-corrected chi connectivity index (χ4v) is 11.8. The molecule has 6 N–H and O–H groups in total. The van der Waals surface area contributed by atoms with Gasteiger partial charge < -0.3 is 88.8 Å². The Hall–Kier alpha value is -8.21. The van der Waals surface area contributed by atoms with Crippen LogP contribution in [0.2, 0.25) is 0 Å². The van der Waals surface area contributed by atoms with Gasteiger partial charge in [0.15, 0.2) is 0 Å². The maximum atomic E-state index is 13.5. The molecule has 5 amide bonds. The molecule has 2 atom stereocenters. The minimum atomic E-state index is -1.00. The number of carboxylic acid groups (broad SMARTS) is 2. The monoisotopic (exact) mass is 1450 g/mol. The van der Waals surface area contributed by atoms with Crippen LogP contribution in [0.1, 0.15) is 146 Å². The Morgan fingerprint density at radius 1 is 0.471 bits per heavy atom. The van der Waals surface area contributed by atoms with Crippen LogP contribution >= 0.6 is 0 Å². The maximum absolute atomic E-state index is 13.5. The van der Waals surface area contributed by atoms with Gasteiger partial charge in [-0.05, 0) is 169 Å². The summed E-state index contributed by atoms with van der Waals surface area (Å²) in [4.78, 5) is 102. The van der Waals surface area contributed by atoms with E-state index >= 15 is 0 Å². The largest absolute Gasteiger partial charge is 0.494 e. The first-order valence-electron chi connectivity index (χ1n) is 37.3. The fourth-order valence-electron chi connectivity index (χ4n) is 11.8. The zero-order valence-electron chi connectivity index (χ0n) is 61.6. The molecule has 0 radical (unpaired) electrons. The van der Waals surface area contributed by atoms with Crippen LogP contribution in [0.3, 0.4) is 0 Å². The van der Waals surface area contributed by atoms with E-state index in [1.807, 2.05) is 93.6 Å². The number of rotatable bonds is 56. The van der Waals surface area contributed by atoms with Gasteiger partial charge in [0.05, 0.1) is 90.7 Å². The molecule has 2 unspecified atom stereocenters. The number of fused-ring (bicyclic) bond motifs is 2. The molecule has 0 fully saturated rings. The summed E-state index contributed by atoms with van der Waals surface area (Å²) < 4.78 is 52.0. The van der Waals surface area contributed by atoms with Crippen molar-refractivity contribution in [2.75, 3.05) is 155 Å². The van der Waals surface area contributed by atoms with E-state index in [1.165, 1.54) is 0 Å². The number of nitrogens with zero attached hydrogens (tertiary/aromatic N) is 5. The lowest BCUT2D eigenvalue weighted by molar-refractivity contribution is -0.144. The van der Waals surface area contributed by atoms with Gasteiger partial charge in [-0.2, -0.15) is 0 Å². The molecule has 2 aliphatic heterocycles. The molecule has 0 saturated carbocycles. The van der Waals surface area contributed by atoms with Crippen LogP contribution in [0.4, 0.5) is 16.4 Å². The number of carbonyl (C=O) groups is 7. The lowest BCUT2D eigenvalue weighted by Crippen LogP contribution is -2.38. The topological polar surface area (TPSA) is 327 Å². The number of benzene rings is 2. The van der Waals surface area contributed by atoms with E-state index in [-0.39, 0.29) is 42.6 Å².